The highest BCUT2D eigenvalue weighted by Crippen LogP contribution is 2.45. The molecule has 12 heteroatoms. The molecule has 0 spiro atoms. The van der Waals surface area contributed by atoms with Crippen molar-refractivity contribution < 1.29 is 42.6 Å². The summed E-state index contributed by atoms with van der Waals surface area (Å²) in [6.45, 7) is 2.06. The van der Waals surface area contributed by atoms with Crippen LogP contribution in [0, 0.1) is 6.92 Å². The average molecular weight is 526 g/mol. The van der Waals surface area contributed by atoms with Crippen molar-refractivity contribution in [2.24, 2.45) is 0 Å². The first-order valence-corrected chi connectivity index (χ1v) is 13.7. The largest absolute Gasteiger partial charge is 0.497 e. The van der Waals surface area contributed by atoms with Gasteiger partial charge in [0.2, 0.25) is 0 Å². The fourth-order valence-corrected chi connectivity index (χ4v) is 5.48. The number of amides is 1. The van der Waals surface area contributed by atoms with Crippen LogP contribution in [0.3, 0.4) is 0 Å². The Morgan fingerprint density at radius 2 is 1.80 bits per heavy atom. The van der Waals surface area contributed by atoms with Crippen LogP contribution in [-0.4, -0.2) is 65.5 Å². The third-order valence-electron chi connectivity index (χ3n) is 5.83. The molecule has 0 unspecified atom stereocenters. The lowest BCUT2D eigenvalue weighted by molar-refractivity contribution is -0.298. The summed E-state index contributed by atoms with van der Waals surface area (Å²) in [5.74, 6) is 0.246. The zero-order valence-electron chi connectivity index (χ0n) is 19.4. The quantitative estimate of drug-likeness (QED) is 0.464. The predicted molar refractivity (Wildman–Crippen MR) is 128 cm³/mol. The number of carbonyl (C=O) groups excluding carboxylic acids is 1. The van der Waals surface area contributed by atoms with Crippen molar-refractivity contribution in [3.8, 4) is 5.75 Å². The first-order chi connectivity index (χ1) is 16.7. The van der Waals surface area contributed by atoms with Gasteiger partial charge in [-0.1, -0.05) is 29.8 Å². The minimum atomic E-state index is -4.92. The molecule has 2 fully saturated rings. The molecule has 2 saturated heterocycles. The summed E-state index contributed by atoms with van der Waals surface area (Å²) in [5.41, 5.74) is 1.32. The normalized spacial score (nSPS) is 28.7. The second kappa shape index (κ2) is 11.0. The fourth-order valence-electron chi connectivity index (χ4n) is 4.09. The van der Waals surface area contributed by atoms with E-state index in [0.29, 0.717) is 16.9 Å². The summed E-state index contributed by atoms with van der Waals surface area (Å²) in [7, 11) is -3.35. The average Bonchev–Trinajstić information content (AvgIpc) is 2.84. The Morgan fingerprint density at radius 1 is 1.11 bits per heavy atom. The Bertz CT molecular complexity index is 1060. The van der Waals surface area contributed by atoms with E-state index in [1.54, 1.807) is 61.9 Å². The van der Waals surface area contributed by atoms with E-state index >= 15 is 0 Å². The lowest BCUT2D eigenvalue weighted by Gasteiger charge is -2.49. The number of methoxy groups -OCH3 is 1. The summed E-state index contributed by atoms with van der Waals surface area (Å²) in [6, 6.07) is 13.2. The Labute approximate surface area is 207 Å². The standard InChI is InChI=1S/C23H28NO9PS/c1-13-4-6-14(7-5-13)21(25)24-18-19-17(31-23(35-3)20(18)33-34(26,27)28)12-30-22(32-19)15-8-10-16(29-2)11-9-15/h4-11,17-20,22-23H,12H2,1-3H3,(H,24,25)(H2,26,27,28)/t17-,18+,19+,20-,22+,23+/m1/s1. The number of aryl methyl sites for hydroxylation is 1. The molecule has 6 atom stereocenters. The van der Waals surface area contributed by atoms with Gasteiger partial charge in [-0.25, -0.2) is 4.57 Å². The molecule has 0 bridgehead atoms. The molecule has 0 aromatic heterocycles. The van der Waals surface area contributed by atoms with Gasteiger partial charge in [0.1, 0.15) is 29.5 Å². The molecular weight excluding hydrogens is 497 g/mol. The molecule has 2 aliphatic heterocycles. The van der Waals surface area contributed by atoms with Crippen molar-refractivity contribution in [2.75, 3.05) is 20.0 Å². The Hall–Kier alpha value is -1.95. The molecule has 190 valence electrons. The van der Waals surface area contributed by atoms with Crippen LogP contribution in [0.15, 0.2) is 48.5 Å². The molecule has 0 saturated carbocycles. The van der Waals surface area contributed by atoms with Crippen LogP contribution in [0.4, 0.5) is 0 Å². The fraction of sp³-hybridized carbons (Fsp3) is 0.435. The lowest BCUT2D eigenvalue weighted by Crippen LogP contribution is -2.66. The van der Waals surface area contributed by atoms with Crippen molar-refractivity contribution in [3.63, 3.8) is 0 Å². The molecule has 2 aliphatic rings. The maximum Gasteiger partial charge on any atom is 0.470 e. The van der Waals surface area contributed by atoms with Crippen molar-refractivity contribution in [3.05, 3.63) is 65.2 Å². The number of hydrogen-bond acceptors (Lipinski definition) is 8. The van der Waals surface area contributed by atoms with Crippen LogP contribution in [0.1, 0.15) is 27.8 Å². The second-order valence-electron chi connectivity index (χ2n) is 8.24. The summed E-state index contributed by atoms with van der Waals surface area (Å²) in [4.78, 5) is 32.3. The minimum Gasteiger partial charge on any atom is -0.497 e. The zero-order chi connectivity index (χ0) is 25.2. The van der Waals surface area contributed by atoms with Crippen LogP contribution in [0.2, 0.25) is 0 Å². The summed E-state index contributed by atoms with van der Waals surface area (Å²) >= 11 is 1.21. The van der Waals surface area contributed by atoms with E-state index in [9.17, 15) is 19.1 Å². The maximum absolute atomic E-state index is 13.1. The lowest BCUT2D eigenvalue weighted by atomic mass is 9.95. The SMILES string of the molecule is COc1ccc([C@H]2OC[C@H]3O[C@@H](SC)[C@H](OP(=O)(O)O)[C@@H](NC(=O)c4ccc(C)cc4)[C@H]3O2)cc1. The highest BCUT2D eigenvalue weighted by Gasteiger charge is 2.52. The number of phosphoric acid groups is 1. The van der Waals surface area contributed by atoms with Crippen LogP contribution < -0.4 is 10.1 Å². The van der Waals surface area contributed by atoms with E-state index < -0.39 is 49.8 Å². The molecule has 1 amide bonds. The van der Waals surface area contributed by atoms with Gasteiger partial charge in [0.15, 0.2) is 6.29 Å². The van der Waals surface area contributed by atoms with E-state index in [1.807, 2.05) is 6.92 Å². The molecule has 4 rings (SSSR count). The smallest absolute Gasteiger partial charge is 0.470 e. The van der Waals surface area contributed by atoms with Crippen LogP contribution in [0.25, 0.3) is 0 Å². The Balaban J connectivity index is 1.63. The number of ether oxygens (including phenoxy) is 4. The number of carbonyl (C=O) groups is 1. The van der Waals surface area contributed by atoms with Gasteiger partial charge in [-0.05, 0) is 37.4 Å². The van der Waals surface area contributed by atoms with Gasteiger partial charge in [0.05, 0.1) is 19.8 Å². The van der Waals surface area contributed by atoms with Crippen LogP contribution in [0.5, 0.6) is 5.75 Å². The van der Waals surface area contributed by atoms with Gasteiger partial charge < -0.3 is 34.1 Å². The summed E-state index contributed by atoms with van der Waals surface area (Å²) < 4.78 is 40.3. The van der Waals surface area contributed by atoms with Gasteiger partial charge >= 0.3 is 7.82 Å². The van der Waals surface area contributed by atoms with E-state index in [0.717, 1.165) is 5.56 Å². The number of fused-ring (bicyclic) bond motifs is 1. The molecule has 0 radical (unpaired) electrons. The number of phosphoric ester groups is 1. The first-order valence-electron chi connectivity index (χ1n) is 10.9. The highest BCUT2D eigenvalue weighted by molar-refractivity contribution is 7.99. The number of benzene rings is 2. The third-order valence-corrected chi connectivity index (χ3v) is 7.20. The summed E-state index contributed by atoms with van der Waals surface area (Å²) in [5, 5.41) is 2.88. The highest BCUT2D eigenvalue weighted by atomic mass is 32.2. The third kappa shape index (κ3) is 6.25. The van der Waals surface area contributed by atoms with Crippen LogP contribution in [-0.2, 0) is 23.3 Å². The second-order valence-corrected chi connectivity index (χ2v) is 10.4. The molecule has 2 aromatic rings. The van der Waals surface area contributed by atoms with Crippen molar-refractivity contribution in [1.82, 2.24) is 5.32 Å². The molecule has 35 heavy (non-hydrogen) atoms. The monoisotopic (exact) mass is 525 g/mol. The van der Waals surface area contributed by atoms with Gasteiger partial charge in [0.25, 0.3) is 5.91 Å². The van der Waals surface area contributed by atoms with E-state index in [1.165, 1.54) is 11.8 Å². The van der Waals surface area contributed by atoms with E-state index in [4.69, 9.17) is 23.5 Å². The van der Waals surface area contributed by atoms with Gasteiger partial charge in [-0.15, -0.1) is 11.8 Å². The number of nitrogens with one attached hydrogen (secondary N) is 1. The molecule has 2 aromatic carbocycles. The van der Waals surface area contributed by atoms with E-state index in [2.05, 4.69) is 5.32 Å². The van der Waals surface area contributed by atoms with Crippen molar-refractivity contribution in [2.45, 2.75) is 43.0 Å². The number of thioether (sulfide) groups is 1. The van der Waals surface area contributed by atoms with Gasteiger partial charge in [0, 0.05) is 11.1 Å². The Kier molecular flexibility index (Phi) is 8.19. The van der Waals surface area contributed by atoms with E-state index in [-0.39, 0.29) is 6.61 Å². The maximum atomic E-state index is 13.1. The van der Waals surface area contributed by atoms with Gasteiger partial charge in [-0.3, -0.25) is 9.32 Å². The predicted octanol–water partition coefficient (Wildman–Crippen LogP) is 2.78. The number of hydrogen-bond donors (Lipinski definition) is 3. The number of rotatable bonds is 7. The first kappa shape index (κ1) is 26.1. The van der Waals surface area contributed by atoms with Gasteiger partial charge in [-0.2, -0.15) is 0 Å². The summed E-state index contributed by atoms with van der Waals surface area (Å²) in [6.07, 6.45) is -1.64. The van der Waals surface area contributed by atoms with Crippen LogP contribution >= 0.6 is 19.6 Å². The molecular formula is C23H28NO9PS. The minimum absolute atomic E-state index is 0.151. The molecule has 2 heterocycles. The molecule has 10 nitrogen and oxygen atoms in total. The molecule has 3 N–H and O–H groups in total. The zero-order valence-corrected chi connectivity index (χ0v) is 21.1. The topological polar surface area (TPSA) is 133 Å². The van der Waals surface area contributed by atoms with Crippen molar-refractivity contribution >= 4 is 25.5 Å². The van der Waals surface area contributed by atoms with Crippen molar-refractivity contribution in [1.29, 1.82) is 0 Å². The molecule has 0 aliphatic carbocycles. The Morgan fingerprint density at radius 3 is 2.40 bits per heavy atom.